The maximum absolute atomic E-state index is 11.2. The van der Waals surface area contributed by atoms with Gasteiger partial charge in [-0.3, -0.25) is 4.79 Å². The Morgan fingerprint density at radius 2 is 1.79 bits per heavy atom. The summed E-state index contributed by atoms with van der Waals surface area (Å²) in [5.41, 5.74) is 4.45. The van der Waals surface area contributed by atoms with Crippen LogP contribution in [0.4, 0.5) is 0 Å². The number of hydrogen-bond donors (Lipinski definition) is 1. The van der Waals surface area contributed by atoms with E-state index in [1.54, 1.807) is 6.07 Å². The van der Waals surface area contributed by atoms with E-state index in [2.05, 4.69) is 18.8 Å². The van der Waals surface area contributed by atoms with Crippen LogP contribution in [0.25, 0.3) is 10.9 Å². The minimum Gasteiger partial charge on any atom is -0.322 e. The number of aromatic nitrogens is 1. The number of H-pyrrole nitrogens is 1. The van der Waals surface area contributed by atoms with Crippen molar-refractivity contribution in [1.29, 1.82) is 0 Å². The molecule has 1 aromatic heterocycles. The van der Waals surface area contributed by atoms with E-state index in [4.69, 9.17) is 0 Å². The Morgan fingerprint density at radius 3 is 2.50 bits per heavy atom. The lowest BCUT2D eigenvalue weighted by Crippen LogP contribution is -2.05. The molecule has 0 bridgehead atoms. The third kappa shape index (κ3) is 1.23. The van der Waals surface area contributed by atoms with Gasteiger partial charge in [0.1, 0.15) is 0 Å². The van der Waals surface area contributed by atoms with Gasteiger partial charge in [-0.2, -0.15) is 0 Å². The second kappa shape index (κ2) is 2.98. The zero-order chi connectivity index (χ0) is 10.3. The zero-order valence-corrected chi connectivity index (χ0v) is 8.64. The molecule has 0 aliphatic heterocycles. The highest BCUT2D eigenvalue weighted by Gasteiger charge is 2.04. The van der Waals surface area contributed by atoms with Crippen molar-refractivity contribution in [1.82, 2.24) is 4.98 Å². The van der Waals surface area contributed by atoms with Crippen LogP contribution in [0.1, 0.15) is 16.7 Å². The smallest absolute Gasteiger partial charge is 0.248 e. The Labute approximate surface area is 82.6 Å². The average molecular weight is 187 g/mol. The maximum Gasteiger partial charge on any atom is 0.248 e. The Balaban J connectivity index is 3.03. The van der Waals surface area contributed by atoms with E-state index in [1.165, 1.54) is 16.5 Å². The molecule has 0 saturated carbocycles. The van der Waals surface area contributed by atoms with Crippen LogP contribution in [0.2, 0.25) is 0 Å². The minimum atomic E-state index is -0.0294. The highest BCUT2D eigenvalue weighted by atomic mass is 16.1. The van der Waals surface area contributed by atoms with Crippen molar-refractivity contribution < 1.29 is 0 Å². The second-order valence-electron chi connectivity index (χ2n) is 3.75. The first-order valence-electron chi connectivity index (χ1n) is 4.69. The normalized spacial score (nSPS) is 10.8. The van der Waals surface area contributed by atoms with Gasteiger partial charge in [-0.05, 0) is 43.5 Å². The van der Waals surface area contributed by atoms with Crippen molar-refractivity contribution in [3.05, 3.63) is 45.2 Å². The van der Waals surface area contributed by atoms with Gasteiger partial charge in [0.2, 0.25) is 5.56 Å². The fourth-order valence-electron chi connectivity index (χ4n) is 1.87. The largest absolute Gasteiger partial charge is 0.322 e. The minimum absolute atomic E-state index is 0.0294. The molecular formula is C12H13NO. The third-order valence-electron chi connectivity index (χ3n) is 2.74. The van der Waals surface area contributed by atoms with Crippen molar-refractivity contribution >= 4 is 10.9 Å². The fourth-order valence-corrected chi connectivity index (χ4v) is 1.87. The third-order valence-corrected chi connectivity index (χ3v) is 2.74. The van der Waals surface area contributed by atoms with Crippen LogP contribution < -0.4 is 5.56 Å². The van der Waals surface area contributed by atoms with Crippen molar-refractivity contribution in [2.24, 2.45) is 0 Å². The average Bonchev–Trinajstić information content (AvgIpc) is 2.10. The molecule has 1 aromatic carbocycles. The monoisotopic (exact) mass is 187 g/mol. The molecule has 0 unspecified atom stereocenters. The van der Waals surface area contributed by atoms with Gasteiger partial charge in [-0.15, -0.1) is 0 Å². The quantitative estimate of drug-likeness (QED) is 0.675. The summed E-state index contributed by atoms with van der Waals surface area (Å²) in [4.78, 5) is 14.1. The summed E-state index contributed by atoms with van der Waals surface area (Å²) < 4.78 is 0. The van der Waals surface area contributed by atoms with Gasteiger partial charge < -0.3 is 4.98 Å². The molecule has 0 atom stereocenters. The highest BCUT2D eigenvalue weighted by molar-refractivity contribution is 5.86. The highest BCUT2D eigenvalue weighted by Crippen LogP contribution is 2.21. The Hall–Kier alpha value is -1.57. The number of benzene rings is 1. The number of hydrogen-bond acceptors (Lipinski definition) is 1. The van der Waals surface area contributed by atoms with Gasteiger partial charge in [0.05, 0.1) is 0 Å². The summed E-state index contributed by atoms with van der Waals surface area (Å²) in [6, 6.07) is 5.65. The summed E-state index contributed by atoms with van der Waals surface area (Å²) in [6.07, 6.45) is 0. The number of aromatic amines is 1. The van der Waals surface area contributed by atoms with Crippen LogP contribution in [-0.4, -0.2) is 4.98 Å². The van der Waals surface area contributed by atoms with E-state index in [0.29, 0.717) is 0 Å². The van der Waals surface area contributed by atoms with Crippen molar-refractivity contribution in [2.75, 3.05) is 0 Å². The van der Waals surface area contributed by atoms with Crippen molar-refractivity contribution in [2.45, 2.75) is 20.8 Å². The lowest BCUT2D eigenvalue weighted by atomic mass is 10.0. The first-order valence-corrected chi connectivity index (χ1v) is 4.69. The number of aryl methyl sites for hydroxylation is 3. The van der Waals surface area contributed by atoms with Crippen molar-refractivity contribution in [3.63, 3.8) is 0 Å². The SMILES string of the molecule is Cc1ccc2[nH]c(=O)cc(C)c2c1C. The number of nitrogens with one attached hydrogen (secondary N) is 1. The lowest BCUT2D eigenvalue weighted by Gasteiger charge is -2.07. The van der Waals surface area contributed by atoms with Gasteiger partial charge in [0, 0.05) is 17.0 Å². The lowest BCUT2D eigenvalue weighted by molar-refractivity contribution is 1.25. The molecule has 0 saturated heterocycles. The first kappa shape index (κ1) is 9.00. The summed E-state index contributed by atoms with van der Waals surface area (Å²) in [5.74, 6) is 0. The molecule has 2 heteroatoms. The molecule has 0 radical (unpaired) electrons. The Bertz CT molecular complexity index is 552. The summed E-state index contributed by atoms with van der Waals surface area (Å²) in [7, 11) is 0. The van der Waals surface area contributed by atoms with E-state index in [0.717, 1.165) is 11.1 Å². The topological polar surface area (TPSA) is 32.9 Å². The number of pyridine rings is 1. The molecule has 0 fully saturated rings. The van der Waals surface area contributed by atoms with Gasteiger partial charge in [-0.1, -0.05) is 6.07 Å². The Morgan fingerprint density at radius 1 is 1.07 bits per heavy atom. The van der Waals surface area contributed by atoms with E-state index in [1.807, 2.05) is 19.1 Å². The van der Waals surface area contributed by atoms with Gasteiger partial charge in [0.25, 0.3) is 0 Å². The molecule has 14 heavy (non-hydrogen) atoms. The molecule has 0 amide bonds. The van der Waals surface area contributed by atoms with Gasteiger partial charge in [0.15, 0.2) is 0 Å². The molecule has 72 valence electrons. The van der Waals surface area contributed by atoms with Crippen LogP contribution in [0, 0.1) is 20.8 Å². The second-order valence-corrected chi connectivity index (χ2v) is 3.75. The molecule has 0 aliphatic rings. The predicted octanol–water partition coefficient (Wildman–Crippen LogP) is 2.45. The first-order chi connectivity index (χ1) is 6.59. The zero-order valence-electron chi connectivity index (χ0n) is 8.64. The van der Waals surface area contributed by atoms with Crippen LogP contribution in [0.5, 0.6) is 0 Å². The molecule has 2 aromatic rings. The molecule has 0 aliphatic carbocycles. The summed E-state index contributed by atoms with van der Waals surface area (Å²) >= 11 is 0. The summed E-state index contributed by atoms with van der Waals surface area (Å²) in [5, 5.41) is 1.17. The van der Waals surface area contributed by atoms with E-state index >= 15 is 0 Å². The maximum atomic E-state index is 11.2. The molecular weight excluding hydrogens is 174 g/mol. The molecule has 1 N–H and O–H groups in total. The summed E-state index contributed by atoms with van der Waals surface area (Å²) in [6.45, 7) is 6.15. The van der Waals surface area contributed by atoms with E-state index in [-0.39, 0.29) is 5.56 Å². The van der Waals surface area contributed by atoms with Gasteiger partial charge in [-0.25, -0.2) is 0 Å². The number of fused-ring (bicyclic) bond motifs is 1. The fraction of sp³-hybridized carbons (Fsp3) is 0.250. The molecule has 1 heterocycles. The molecule has 0 spiro atoms. The molecule has 2 nitrogen and oxygen atoms in total. The van der Waals surface area contributed by atoms with E-state index in [9.17, 15) is 4.79 Å². The van der Waals surface area contributed by atoms with Crippen molar-refractivity contribution in [3.8, 4) is 0 Å². The van der Waals surface area contributed by atoms with Crippen LogP contribution in [-0.2, 0) is 0 Å². The van der Waals surface area contributed by atoms with Gasteiger partial charge >= 0.3 is 0 Å². The predicted molar refractivity (Wildman–Crippen MR) is 58.8 cm³/mol. The number of rotatable bonds is 0. The van der Waals surface area contributed by atoms with Crippen LogP contribution >= 0.6 is 0 Å². The van der Waals surface area contributed by atoms with Crippen LogP contribution in [0.3, 0.4) is 0 Å². The standard InChI is InChI=1S/C12H13NO/c1-7-4-5-10-12(9(7)3)8(2)6-11(14)13-10/h4-6H,1-3H3,(H,13,14). The van der Waals surface area contributed by atoms with E-state index < -0.39 is 0 Å². The van der Waals surface area contributed by atoms with Crippen LogP contribution in [0.15, 0.2) is 23.0 Å². The molecule has 2 rings (SSSR count). The Kier molecular flexibility index (Phi) is 1.92.